The first-order valence-corrected chi connectivity index (χ1v) is 4.17. The van der Waals surface area contributed by atoms with E-state index in [9.17, 15) is 9.59 Å². The molecule has 0 atom stereocenters. The molecule has 0 radical (unpaired) electrons. The SMILES string of the molecule is Cc1ccc(N=C=O)cc1N=C=O.OCO. The summed E-state index contributed by atoms with van der Waals surface area (Å²) < 4.78 is 0. The van der Waals surface area contributed by atoms with Crippen LogP contribution in [0.25, 0.3) is 0 Å². The molecule has 1 rings (SSSR count). The third-order valence-electron chi connectivity index (χ3n) is 1.53. The van der Waals surface area contributed by atoms with E-state index in [-0.39, 0.29) is 0 Å². The second kappa shape index (κ2) is 8.23. The summed E-state index contributed by atoms with van der Waals surface area (Å²) >= 11 is 0. The van der Waals surface area contributed by atoms with Gasteiger partial charge in [-0.2, -0.15) is 9.98 Å². The van der Waals surface area contributed by atoms with Crippen LogP contribution in [0.5, 0.6) is 0 Å². The molecule has 0 saturated carbocycles. The molecule has 0 heterocycles. The zero-order valence-corrected chi connectivity index (χ0v) is 8.54. The Bertz CT molecular complexity index is 432. The van der Waals surface area contributed by atoms with Crippen LogP contribution in [0.2, 0.25) is 0 Å². The highest BCUT2D eigenvalue weighted by atomic mass is 16.5. The van der Waals surface area contributed by atoms with Gasteiger partial charge in [-0.05, 0) is 24.6 Å². The minimum absolute atomic E-state index is 0.426. The van der Waals surface area contributed by atoms with E-state index in [0.717, 1.165) is 5.56 Å². The second-order valence-electron chi connectivity index (χ2n) is 2.52. The Kier molecular flexibility index (Phi) is 7.15. The lowest BCUT2D eigenvalue weighted by Gasteiger charge is -1.97. The van der Waals surface area contributed by atoms with Gasteiger partial charge in [0.25, 0.3) is 0 Å². The smallest absolute Gasteiger partial charge is 0.240 e. The number of benzene rings is 1. The molecule has 0 aromatic heterocycles. The Morgan fingerprint density at radius 1 is 1.19 bits per heavy atom. The highest BCUT2D eigenvalue weighted by Gasteiger charge is 1.97. The minimum Gasteiger partial charge on any atom is -0.371 e. The first-order chi connectivity index (χ1) is 7.69. The maximum absolute atomic E-state index is 10.00. The van der Waals surface area contributed by atoms with Crippen LogP contribution in [-0.2, 0) is 9.59 Å². The van der Waals surface area contributed by atoms with Gasteiger partial charge in [-0.1, -0.05) is 6.07 Å². The number of aliphatic imine (C=N–C) groups is 2. The fourth-order valence-corrected chi connectivity index (χ4v) is 0.890. The largest absolute Gasteiger partial charge is 0.371 e. The van der Waals surface area contributed by atoms with Crippen LogP contribution in [0.15, 0.2) is 28.2 Å². The van der Waals surface area contributed by atoms with Crippen LogP contribution in [0, 0.1) is 6.92 Å². The lowest BCUT2D eigenvalue weighted by atomic mass is 10.2. The Labute approximate surface area is 91.6 Å². The molecule has 0 amide bonds. The normalized spacial score (nSPS) is 7.94. The molecule has 0 unspecified atom stereocenters. The van der Waals surface area contributed by atoms with Gasteiger partial charge in [-0.25, -0.2) is 9.59 Å². The van der Waals surface area contributed by atoms with E-state index < -0.39 is 6.79 Å². The molecule has 0 spiro atoms. The second-order valence-corrected chi connectivity index (χ2v) is 2.52. The van der Waals surface area contributed by atoms with Crippen molar-refractivity contribution in [2.24, 2.45) is 9.98 Å². The maximum atomic E-state index is 10.00. The molecule has 2 N–H and O–H groups in total. The Hall–Kier alpha value is -2.10. The van der Waals surface area contributed by atoms with Gasteiger partial charge in [0.2, 0.25) is 12.2 Å². The number of hydrogen-bond donors (Lipinski definition) is 2. The predicted octanol–water partition coefficient (Wildman–Crippen LogP) is 0.858. The Balaban J connectivity index is 0.000000673. The molecular formula is C10H10N2O4. The average molecular weight is 222 g/mol. The van der Waals surface area contributed by atoms with E-state index in [1.54, 1.807) is 19.1 Å². The van der Waals surface area contributed by atoms with Crippen molar-refractivity contribution in [3.63, 3.8) is 0 Å². The number of nitrogens with zero attached hydrogens (tertiary/aromatic N) is 2. The fraction of sp³-hybridized carbons (Fsp3) is 0.200. The van der Waals surface area contributed by atoms with E-state index >= 15 is 0 Å². The summed E-state index contributed by atoms with van der Waals surface area (Å²) in [4.78, 5) is 26.8. The van der Waals surface area contributed by atoms with Gasteiger partial charge in [0.05, 0.1) is 11.4 Å². The van der Waals surface area contributed by atoms with Crippen LogP contribution in [0.3, 0.4) is 0 Å². The quantitative estimate of drug-likeness (QED) is 0.440. The van der Waals surface area contributed by atoms with E-state index in [4.69, 9.17) is 10.2 Å². The van der Waals surface area contributed by atoms with Crippen molar-refractivity contribution in [1.29, 1.82) is 0 Å². The van der Waals surface area contributed by atoms with Gasteiger partial charge in [-0.3, -0.25) is 0 Å². The standard InChI is InChI=1S/C9H6N2O2.CH4O2/c1-7-2-3-8(10-5-12)4-9(7)11-6-13;2-1-3/h2-4H,1H3;2-3H,1H2. The number of carbonyl (C=O) groups excluding carboxylic acids is 2. The fourth-order valence-electron chi connectivity index (χ4n) is 0.890. The molecule has 0 aliphatic rings. The van der Waals surface area contributed by atoms with Crippen LogP contribution >= 0.6 is 0 Å². The van der Waals surface area contributed by atoms with E-state index in [2.05, 4.69) is 9.98 Å². The van der Waals surface area contributed by atoms with Crippen molar-refractivity contribution in [2.45, 2.75) is 6.92 Å². The van der Waals surface area contributed by atoms with Crippen LogP contribution in [0.4, 0.5) is 11.4 Å². The highest BCUT2D eigenvalue weighted by Crippen LogP contribution is 2.23. The molecular weight excluding hydrogens is 212 g/mol. The summed E-state index contributed by atoms with van der Waals surface area (Å²) in [7, 11) is 0. The number of rotatable bonds is 2. The lowest BCUT2D eigenvalue weighted by Crippen LogP contribution is -1.73. The summed E-state index contributed by atoms with van der Waals surface area (Å²) in [5, 5.41) is 14.2. The predicted molar refractivity (Wildman–Crippen MR) is 56.0 cm³/mol. The van der Waals surface area contributed by atoms with Crippen molar-refractivity contribution in [3.05, 3.63) is 23.8 Å². The lowest BCUT2D eigenvalue weighted by molar-refractivity contribution is 0.0773. The molecule has 6 nitrogen and oxygen atoms in total. The first-order valence-electron chi connectivity index (χ1n) is 4.17. The summed E-state index contributed by atoms with van der Waals surface area (Å²) in [5.74, 6) is 0. The van der Waals surface area contributed by atoms with Gasteiger partial charge < -0.3 is 10.2 Å². The van der Waals surface area contributed by atoms with Crippen molar-refractivity contribution >= 4 is 23.5 Å². The Morgan fingerprint density at radius 2 is 1.75 bits per heavy atom. The molecule has 0 bridgehead atoms. The summed E-state index contributed by atoms with van der Waals surface area (Å²) in [6, 6.07) is 4.88. The molecule has 84 valence electrons. The minimum atomic E-state index is -0.750. The molecule has 16 heavy (non-hydrogen) atoms. The monoisotopic (exact) mass is 222 g/mol. The molecule has 0 aliphatic carbocycles. The molecule has 0 aliphatic heterocycles. The van der Waals surface area contributed by atoms with Gasteiger partial charge in [0.1, 0.15) is 6.79 Å². The molecule has 0 fully saturated rings. The number of aryl methyl sites for hydroxylation is 1. The van der Waals surface area contributed by atoms with Crippen LogP contribution in [-0.4, -0.2) is 29.2 Å². The molecule has 6 heteroatoms. The first kappa shape index (κ1) is 13.9. The third-order valence-corrected chi connectivity index (χ3v) is 1.53. The summed E-state index contributed by atoms with van der Waals surface area (Å²) in [6.07, 6.45) is 2.84. The summed E-state index contributed by atoms with van der Waals surface area (Å²) in [5.41, 5.74) is 1.72. The van der Waals surface area contributed by atoms with Crippen molar-refractivity contribution in [2.75, 3.05) is 6.79 Å². The average Bonchev–Trinajstić information content (AvgIpc) is 2.25. The zero-order valence-electron chi connectivity index (χ0n) is 8.54. The highest BCUT2D eigenvalue weighted by molar-refractivity contribution is 5.61. The van der Waals surface area contributed by atoms with Crippen molar-refractivity contribution in [1.82, 2.24) is 0 Å². The Morgan fingerprint density at radius 3 is 2.25 bits per heavy atom. The van der Waals surface area contributed by atoms with E-state index in [1.165, 1.54) is 18.2 Å². The van der Waals surface area contributed by atoms with Crippen molar-refractivity contribution in [3.8, 4) is 0 Å². The number of isocyanates is 2. The van der Waals surface area contributed by atoms with Crippen LogP contribution in [0.1, 0.15) is 5.56 Å². The third kappa shape index (κ3) is 4.95. The van der Waals surface area contributed by atoms with Gasteiger partial charge >= 0.3 is 0 Å². The molecule has 0 saturated heterocycles. The van der Waals surface area contributed by atoms with Gasteiger partial charge in [0.15, 0.2) is 0 Å². The topological polar surface area (TPSA) is 99.3 Å². The molecule has 1 aromatic rings. The van der Waals surface area contributed by atoms with Crippen molar-refractivity contribution < 1.29 is 19.8 Å². The van der Waals surface area contributed by atoms with E-state index in [0.29, 0.717) is 11.4 Å². The number of aliphatic hydroxyl groups is 2. The number of aliphatic hydroxyl groups excluding tert-OH is 1. The van der Waals surface area contributed by atoms with Crippen LogP contribution < -0.4 is 0 Å². The maximum Gasteiger partial charge on any atom is 0.240 e. The van der Waals surface area contributed by atoms with E-state index in [1.807, 2.05) is 0 Å². The number of hydrogen-bond acceptors (Lipinski definition) is 6. The van der Waals surface area contributed by atoms with Gasteiger partial charge in [0, 0.05) is 0 Å². The zero-order chi connectivity index (χ0) is 12.4. The van der Waals surface area contributed by atoms with Gasteiger partial charge in [-0.15, -0.1) is 0 Å². The molecule has 1 aromatic carbocycles. The summed E-state index contributed by atoms with van der Waals surface area (Å²) in [6.45, 7) is 1.05.